The molecule has 8 nitrogen and oxygen atoms in total. The Bertz CT molecular complexity index is 763. The van der Waals surface area contributed by atoms with E-state index >= 15 is 0 Å². The van der Waals surface area contributed by atoms with Crippen LogP contribution in [0.5, 0.6) is 0 Å². The quantitative estimate of drug-likeness (QED) is 0.578. The van der Waals surface area contributed by atoms with E-state index in [0.29, 0.717) is 10.7 Å². The molecule has 1 fully saturated rings. The highest BCUT2D eigenvalue weighted by Crippen LogP contribution is 2.20. The third kappa shape index (κ3) is 4.72. The molecule has 0 aliphatic carbocycles. The average molecular weight is 382 g/mol. The van der Waals surface area contributed by atoms with Gasteiger partial charge in [0.25, 0.3) is 11.8 Å². The molecule has 1 aromatic carbocycles. The van der Waals surface area contributed by atoms with Gasteiger partial charge in [0, 0.05) is 17.3 Å². The number of hydrogen-bond acceptors (Lipinski definition) is 5. The van der Waals surface area contributed by atoms with E-state index in [-0.39, 0.29) is 13.0 Å². The number of ether oxygens (including phenoxy) is 1. The first-order chi connectivity index (χ1) is 12.1. The SMILES string of the molecule is Cc1ccc(Cl)cc1NC(=O)COC(=O)CCN1C(=O)NC(C)(C)C1=O. The maximum Gasteiger partial charge on any atom is 0.325 e. The molecule has 1 aliphatic rings. The van der Waals surface area contributed by atoms with Crippen LogP contribution >= 0.6 is 11.6 Å². The lowest BCUT2D eigenvalue weighted by molar-refractivity contribution is -0.147. The Labute approximate surface area is 155 Å². The molecule has 1 aliphatic heterocycles. The summed E-state index contributed by atoms with van der Waals surface area (Å²) in [4.78, 5) is 48.3. The normalized spacial score (nSPS) is 15.6. The molecule has 0 aromatic heterocycles. The number of imide groups is 1. The topological polar surface area (TPSA) is 105 Å². The summed E-state index contributed by atoms with van der Waals surface area (Å²) in [6, 6.07) is 4.49. The van der Waals surface area contributed by atoms with Crippen molar-refractivity contribution in [3.63, 3.8) is 0 Å². The lowest BCUT2D eigenvalue weighted by Crippen LogP contribution is -2.40. The fourth-order valence-electron chi connectivity index (χ4n) is 2.36. The summed E-state index contributed by atoms with van der Waals surface area (Å²) in [7, 11) is 0. The first-order valence-electron chi connectivity index (χ1n) is 7.96. The van der Waals surface area contributed by atoms with E-state index < -0.39 is 36.0 Å². The van der Waals surface area contributed by atoms with E-state index in [2.05, 4.69) is 10.6 Å². The minimum Gasteiger partial charge on any atom is -0.456 e. The van der Waals surface area contributed by atoms with Crippen LogP contribution in [-0.2, 0) is 19.1 Å². The Hall–Kier alpha value is -2.61. The van der Waals surface area contributed by atoms with Gasteiger partial charge < -0.3 is 15.4 Å². The van der Waals surface area contributed by atoms with Crippen LogP contribution in [0.4, 0.5) is 10.5 Å². The molecule has 1 aromatic rings. The van der Waals surface area contributed by atoms with Crippen molar-refractivity contribution in [2.75, 3.05) is 18.5 Å². The van der Waals surface area contributed by atoms with Crippen molar-refractivity contribution in [3.05, 3.63) is 28.8 Å². The van der Waals surface area contributed by atoms with Crippen molar-refractivity contribution in [1.29, 1.82) is 0 Å². The van der Waals surface area contributed by atoms with E-state index in [9.17, 15) is 19.2 Å². The number of amides is 4. The fourth-order valence-corrected chi connectivity index (χ4v) is 2.53. The largest absolute Gasteiger partial charge is 0.456 e. The standard InChI is InChI=1S/C17H20ClN3O5/c1-10-4-5-11(18)8-12(10)19-13(22)9-26-14(23)6-7-21-15(24)17(2,3)20-16(21)25/h4-5,8H,6-7,9H2,1-3H3,(H,19,22)(H,20,25). The Kier molecular flexibility index (Phi) is 5.86. The highest BCUT2D eigenvalue weighted by atomic mass is 35.5. The Morgan fingerprint density at radius 2 is 2.00 bits per heavy atom. The summed E-state index contributed by atoms with van der Waals surface area (Å²) in [5.74, 6) is -1.61. The summed E-state index contributed by atoms with van der Waals surface area (Å²) in [5.41, 5.74) is 0.353. The van der Waals surface area contributed by atoms with Crippen LogP contribution in [0.3, 0.4) is 0 Å². The molecular weight excluding hydrogens is 362 g/mol. The second-order valence-corrected chi connectivity index (χ2v) is 6.87. The van der Waals surface area contributed by atoms with Crippen molar-refractivity contribution < 1.29 is 23.9 Å². The van der Waals surface area contributed by atoms with Crippen molar-refractivity contribution in [1.82, 2.24) is 10.2 Å². The van der Waals surface area contributed by atoms with Crippen LogP contribution in [0.1, 0.15) is 25.8 Å². The second kappa shape index (κ2) is 7.74. The third-order valence-electron chi connectivity index (χ3n) is 3.82. The highest BCUT2D eigenvalue weighted by Gasteiger charge is 2.44. The Morgan fingerprint density at radius 1 is 1.31 bits per heavy atom. The zero-order valence-electron chi connectivity index (χ0n) is 14.7. The van der Waals surface area contributed by atoms with Crippen LogP contribution in [0.25, 0.3) is 0 Å². The van der Waals surface area contributed by atoms with Gasteiger partial charge in [0.15, 0.2) is 6.61 Å². The number of anilines is 1. The molecule has 2 rings (SSSR count). The van der Waals surface area contributed by atoms with E-state index in [4.69, 9.17) is 16.3 Å². The van der Waals surface area contributed by atoms with Gasteiger partial charge in [0.2, 0.25) is 0 Å². The summed E-state index contributed by atoms with van der Waals surface area (Å²) in [6.45, 7) is 4.37. The lowest BCUT2D eigenvalue weighted by Gasteiger charge is -2.15. The van der Waals surface area contributed by atoms with E-state index in [1.165, 1.54) is 0 Å². The number of rotatable bonds is 6. The van der Waals surface area contributed by atoms with Gasteiger partial charge in [-0.2, -0.15) is 0 Å². The van der Waals surface area contributed by atoms with Gasteiger partial charge in [-0.25, -0.2) is 4.79 Å². The number of urea groups is 1. The lowest BCUT2D eigenvalue weighted by atomic mass is 10.1. The number of hydrogen-bond donors (Lipinski definition) is 2. The van der Waals surface area contributed by atoms with Gasteiger partial charge in [-0.3, -0.25) is 19.3 Å². The number of halogens is 1. The van der Waals surface area contributed by atoms with Gasteiger partial charge in [0.1, 0.15) is 5.54 Å². The summed E-state index contributed by atoms with van der Waals surface area (Å²) < 4.78 is 4.87. The first kappa shape index (κ1) is 19.7. The van der Waals surface area contributed by atoms with E-state index in [1.807, 2.05) is 0 Å². The van der Waals surface area contributed by atoms with Gasteiger partial charge in [-0.15, -0.1) is 0 Å². The number of carbonyl (C=O) groups is 4. The molecule has 4 amide bonds. The minimum absolute atomic E-state index is 0.109. The van der Waals surface area contributed by atoms with Crippen LogP contribution in [0.15, 0.2) is 18.2 Å². The number of esters is 1. The van der Waals surface area contributed by atoms with Crippen molar-refractivity contribution in [2.24, 2.45) is 0 Å². The molecule has 0 unspecified atom stereocenters. The molecule has 0 saturated carbocycles. The maximum absolute atomic E-state index is 12.0. The van der Waals surface area contributed by atoms with Gasteiger partial charge in [0.05, 0.1) is 6.42 Å². The Balaban J connectivity index is 1.78. The Morgan fingerprint density at radius 3 is 2.62 bits per heavy atom. The van der Waals surface area contributed by atoms with Crippen LogP contribution in [0.2, 0.25) is 5.02 Å². The van der Waals surface area contributed by atoms with Crippen molar-refractivity contribution in [3.8, 4) is 0 Å². The zero-order valence-corrected chi connectivity index (χ0v) is 15.5. The molecule has 9 heteroatoms. The minimum atomic E-state index is -0.990. The van der Waals surface area contributed by atoms with Crippen LogP contribution in [0, 0.1) is 6.92 Å². The molecule has 0 bridgehead atoms. The summed E-state index contributed by atoms with van der Waals surface area (Å²) in [5, 5.41) is 5.59. The predicted octanol–water partition coefficient (Wildman–Crippen LogP) is 1.85. The number of benzene rings is 1. The summed E-state index contributed by atoms with van der Waals surface area (Å²) >= 11 is 5.87. The number of nitrogens with one attached hydrogen (secondary N) is 2. The fraction of sp³-hybridized carbons (Fsp3) is 0.412. The molecule has 1 saturated heterocycles. The maximum atomic E-state index is 12.0. The van der Waals surface area contributed by atoms with E-state index in [1.54, 1.807) is 39.0 Å². The first-order valence-corrected chi connectivity index (χ1v) is 8.33. The van der Waals surface area contributed by atoms with Crippen molar-refractivity contribution in [2.45, 2.75) is 32.7 Å². The van der Waals surface area contributed by atoms with Crippen LogP contribution in [-0.4, -0.2) is 47.4 Å². The van der Waals surface area contributed by atoms with Crippen LogP contribution < -0.4 is 10.6 Å². The van der Waals surface area contributed by atoms with Gasteiger partial charge in [-0.1, -0.05) is 17.7 Å². The molecule has 2 N–H and O–H groups in total. The average Bonchev–Trinajstić information content (AvgIpc) is 2.75. The van der Waals surface area contributed by atoms with E-state index in [0.717, 1.165) is 10.5 Å². The molecule has 26 heavy (non-hydrogen) atoms. The molecule has 0 radical (unpaired) electrons. The predicted molar refractivity (Wildman–Crippen MR) is 94.7 cm³/mol. The van der Waals surface area contributed by atoms with Gasteiger partial charge >= 0.3 is 12.0 Å². The second-order valence-electron chi connectivity index (χ2n) is 6.43. The zero-order chi connectivity index (χ0) is 19.5. The molecule has 140 valence electrons. The number of nitrogens with zero attached hydrogens (tertiary/aromatic N) is 1. The van der Waals surface area contributed by atoms with Crippen molar-refractivity contribution >= 4 is 41.1 Å². The van der Waals surface area contributed by atoms with Gasteiger partial charge in [-0.05, 0) is 38.5 Å². The number of carbonyl (C=O) groups excluding carboxylic acids is 4. The number of aryl methyl sites for hydroxylation is 1. The molecule has 1 heterocycles. The smallest absolute Gasteiger partial charge is 0.325 e. The molecule has 0 atom stereocenters. The summed E-state index contributed by atoms with van der Waals surface area (Å²) in [6.07, 6.45) is -0.196. The highest BCUT2D eigenvalue weighted by molar-refractivity contribution is 6.31. The molecular formula is C17H20ClN3O5. The third-order valence-corrected chi connectivity index (χ3v) is 4.06. The monoisotopic (exact) mass is 381 g/mol. The molecule has 0 spiro atoms.